The molecule has 0 aromatic carbocycles. The van der Waals surface area contributed by atoms with E-state index in [0.29, 0.717) is 11.8 Å². The smallest absolute Gasteiger partial charge is 0.147 e. The molecule has 0 bridgehead atoms. The average molecular weight is 246 g/mol. The molecule has 0 aliphatic carbocycles. The zero-order chi connectivity index (χ0) is 10.5. The number of aromatic nitrogens is 1. The molecule has 5 heteroatoms. The molecule has 1 saturated heterocycles. The molecule has 1 aromatic heterocycles. The largest absolute Gasteiger partial charge is 0.355 e. The van der Waals surface area contributed by atoms with Gasteiger partial charge in [-0.05, 0) is 18.6 Å². The van der Waals surface area contributed by atoms with Crippen LogP contribution in [0.15, 0.2) is 23.4 Å². The second kappa shape index (κ2) is 5.70. The van der Waals surface area contributed by atoms with Gasteiger partial charge < -0.3 is 9.47 Å². The van der Waals surface area contributed by atoms with Crippen molar-refractivity contribution in [3.63, 3.8) is 0 Å². The maximum Gasteiger partial charge on any atom is 0.147 e. The van der Waals surface area contributed by atoms with Gasteiger partial charge in [-0.25, -0.2) is 4.98 Å². The van der Waals surface area contributed by atoms with Gasteiger partial charge in [0.1, 0.15) is 11.8 Å². The van der Waals surface area contributed by atoms with E-state index in [-0.39, 0.29) is 6.10 Å². The first kappa shape index (κ1) is 11.2. The van der Waals surface area contributed by atoms with Crippen LogP contribution in [0.5, 0.6) is 0 Å². The summed E-state index contributed by atoms with van der Waals surface area (Å²) in [4.78, 5) is 4.21. The highest BCUT2D eigenvalue weighted by molar-refractivity contribution is 7.99. The van der Waals surface area contributed by atoms with Crippen LogP contribution in [0.2, 0.25) is 5.02 Å². The Labute approximate surface area is 98.1 Å². The van der Waals surface area contributed by atoms with Crippen LogP contribution in [-0.4, -0.2) is 30.2 Å². The molecule has 0 amide bonds. The fourth-order valence-corrected chi connectivity index (χ4v) is 2.52. The van der Waals surface area contributed by atoms with E-state index < -0.39 is 0 Å². The van der Waals surface area contributed by atoms with E-state index in [0.717, 1.165) is 23.8 Å². The summed E-state index contributed by atoms with van der Waals surface area (Å²) in [5, 5.41) is 1.57. The van der Waals surface area contributed by atoms with Crippen molar-refractivity contribution in [2.45, 2.75) is 17.6 Å². The normalized spacial score (nSPS) is 21.5. The van der Waals surface area contributed by atoms with Gasteiger partial charge >= 0.3 is 0 Å². The Balaban J connectivity index is 1.84. The zero-order valence-corrected chi connectivity index (χ0v) is 9.76. The molecule has 3 nitrogen and oxygen atoms in total. The van der Waals surface area contributed by atoms with Crippen molar-refractivity contribution in [1.29, 1.82) is 0 Å². The quantitative estimate of drug-likeness (QED) is 0.766. The monoisotopic (exact) mass is 245 g/mol. The average Bonchev–Trinajstić information content (AvgIpc) is 2.29. The van der Waals surface area contributed by atoms with Crippen LogP contribution in [0.4, 0.5) is 0 Å². The first-order valence-corrected chi connectivity index (χ1v) is 6.15. The highest BCUT2D eigenvalue weighted by atomic mass is 35.5. The Morgan fingerprint density at radius 1 is 1.60 bits per heavy atom. The minimum absolute atomic E-state index is 0.252. The van der Waals surface area contributed by atoms with E-state index in [4.69, 9.17) is 21.1 Å². The summed E-state index contributed by atoms with van der Waals surface area (Å²) in [6, 6.07) is 3.68. The molecule has 1 aromatic rings. The van der Waals surface area contributed by atoms with Gasteiger partial charge in [0.15, 0.2) is 0 Å². The Morgan fingerprint density at radius 3 is 3.27 bits per heavy atom. The van der Waals surface area contributed by atoms with E-state index in [1.807, 2.05) is 12.1 Å². The van der Waals surface area contributed by atoms with Gasteiger partial charge in [-0.3, -0.25) is 0 Å². The summed E-state index contributed by atoms with van der Waals surface area (Å²) in [6.45, 7) is 1.18. The van der Waals surface area contributed by atoms with Crippen LogP contribution in [-0.2, 0) is 9.47 Å². The van der Waals surface area contributed by atoms with Crippen LogP contribution >= 0.6 is 23.4 Å². The number of thioether (sulfide) groups is 1. The number of pyridine rings is 1. The van der Waals surface area contributed by atoms with Crippen molar-refractivity contribution in [3.05, 3.63) is 23.4 Å². The van der Waals surface area contributed by atoms with Crippen molar-refractivity contribution in [1.82, 2.24) is 4.98 Å². The highest BCUT2D eigenvalue weighted by Gasteiger charge is 2.15. The molecular weight excluding hydrogens is 234 g/mol. The minimum atomic E-state index is 0.252. The molecule has 0 saturated carbocycles. The summed E-state index contributed by atoms with van der Waals surface area (Å²) < 4.78 is 10.5. The molecule has 0 spiro atoms. The number of halogens is 1. The van der Waals surface area contributed by atoms with Crippen molar-refractivity contribution in [2.75, 3.05) is 19.2 Å². The lowest BCUT2D eigenvalue weighted by Gasteiger charge is -2.22. The molecule has 0 N–H and O–H groups in total. The maximum absolute atomic E-state index is 5.99. The summed E-state index contributed by atoms with van der Waals surface area (Å²) in [7, 11) is 0. The molecule has 15 heavy (non-hydrogen) atoms. The summed E-state index contributed by atoms with van der Waals surface area (Å²) in [5.41, 5.74) is 0. The molecule has 82 valence electrons. The van der Waals surface area contributed by atoms with Crippen molar-refractivity contribution >= 4 is 23.4 Å². The third kappa shape index (κ3) is 3.34. The molecule has 2 rings (SSSR count). The molecule has 2 heterocycles. The molecule has 0 radical (unpaired) electrons. The number of hydrogen-bond donors (Lipinski definition) is 0. The van der Waals surface area contributed by atoms with Crippen molar-refractivity contribution in [3.8, 4) is 0 Å². The first-order valence-electron chi connectivity index (χ1n) is 4.79. The molecule has 1 unspecified atom stereocenters. The number of nitrogens with zero attached hydrogens (tertiary/aromatic N) is 1. The van der Waals surface area contributed by atoms with E-state index in [2.05, 4.69) is 4.98 Å². The van der Waals surface area contributed by atoms with Gasteiger partial charge in [-0.2, -0.15) is 0 Å². The predicted octanol–water partition coefficient (Wildman–Crippen LogP) is 2.59. The molecular formula is C10H12ClNO2S. The van der Waals surface area contributed by atoms with E-state index in [1.54, 1.807) is 18.0 Å². The van der Waals surface area contributed by atoms with Crippen LogP contribution in [0, 0.1) is 0 Å². The fraction of sp³-hybridized carbons (Fsp3) is 0.500. The maximum atomic E-state index is 5.99. The lowest BCUT2D eigenvalue weighted by Crippen LogP contribution is -2.25. The first-order chi connectivity index (χ1) is 7.36. The highest BCUT2D eigenvalue weighted by Crippen LogP contribution is 2.26. The SMILES string of the molecule is Clc1cccnc1SCC1CCOCO1. The number of ether oxygens (including phenoxy) is 2. The molecule has 1 atom stereocenters. The topological polar surface area (TPSA) is 31.4 Å². The second-order valence-corrected chi connectivity index (χ2v) is 4.62. The van der Waals surface area contributed by atoms with Crippen LogP contribution in [0.25, 0.3) is 0 Å². The fourth-order valence-electron chi connectivity index (χ4n) is 1.28. The number of rotatable bonds is 3. The summed E-state index contributed by atoms with van der Waals surface area (Å²) in [5.74, 6) is 0.875. The number of hydrogen-bond acceptors (Lipinski definition) is 4. The van der Waals surface area contributed by atoms with Crippen molar-refractivity contribution in [2.24, 2.45) is 0 Å². The second-order valence-electron chi connectivity index (χ2n) is 3.20. The Kier molecular flexibility index (Phi) is 4.26. The van der Waals surface area contributed by atoms with Gasteiger partial charge in [0.25, 0.3) is 0 Å². The third-order valence-corrected chi connectivity index (χ3v) is 3.66. The molecule has 1 aliphatic rings. The van der Waals surface area contributed by atoms with Crippen LogP contribution in [0.1, 0.15) is 6.42 Å². The predicted molar refractivity (Wildman–Crippen MR) is 60.3 cm³/mol. The lowest BCUT2D eigenvalue weighted by molar-refractivity contribution is -0.130. The van der Waals surface area contributed by atoms with Crippen LogP contribution in [0.3, 0.4) is 0 Å². The van der Waals surface area contributed by atoms with E-state index in [9.17, 15) is 0 Å². The van der Waals surface area contributed by atoms with Gasteiger partial charge in [0, 0.05) is 11.9 Å². The minimum Gasteiger partial charge on any atom is -0.355 e. The van der Waals surface area contributed by atoms with Gasteiger partial charge in [0.2, 0.25) is 0 Å². The molecule has 1 fully saturated rings. The van der Waals surface area contributed by atoms with Crippen LogP contribution < -0.4 is 0 Å². The zero-order valence-electron chi connectivity index (χ0n) is 8.19. The summed E-state index contributed by atoms with van der Waals surface area (Å²) >= 11 is 7.62. The third-order valence-electron chi connectivity index (χ3n) is 2.10. The molecule has 1 aliphatic heterocycles. The van der Waals surface area contributed by atoms with E-state index in [1.165, 1.54) is 0 Å². The lowest BCUT2D eigenvalue weighted by atomic mass is 10.3. The van der Waals surface area contributed by atoms with Gasteiger partial charge in [0.05, 0.1) is 17.7 Å². The van der Waals surface area contributed by atoms with Gasteiger partial charge in [-0.1, -0.05) is 11.6 Å². The Bertz CT molecular complexity index is 318. The van der Waals surface area contributed by atoms with E-state index >= 15 is 0 Å². The summed E-state index contributed by atoms with van der Waals surface area (Å²) in [6.07, 6.45) is 2.94. The Hall–Kier alpha value is -0.290. The Morgan fingerprint density at radius 2 is 2.53 bits per heavy atom. The van der Waals surface area contributed by atoms with Gasteiger partial charge in [-0.15, -0.1) is 11.8 Å². The standard InChI is InChI=1S/C10H12ClNO2S/c11-9-2-1-4-12-10(9)15-6-8-3-5-13-7-14-8/h1-2,4,8H,3,5-7H2. The van der Waals surface area contributed by atoms with Crippen molar-refractivity contribution < 1.29 is 9.47 Å².